The van der Waals surface area contributed by atoms with E-state index in [1.807, 2.05) is 48.5 Å². The molecule has 1 fully saturated rings. The Morgan fingerprint density at radius 3 is 2.54 bits per heavy atom. The van der Waals surface area contributed by atoms with E-state index in [9.17, 15) is 9.59 Å². The quantitative estimate of drug-likeness (QED) is 0.745. The summed E-state index contributed by atoms with van der Waals surface area (Å²) in [6, 6.07) is 15.3. The Bertz CT molecular complexity index is 766. The molecule has 0 N–H and O–H groups in total. The summed E-state index contributed by atoms with van der Waals surface area (Å²) in [5, 5.41) is -0.553. The second-order valence-corrected chi connectivity index (χ2v) is 7.46. The molecule has 0 aliphatic carbocycles. The van der Waals surface area contributed by atoms with E-state index in [0.717, 1.165) is 33.1 Å². The molecule has 0 spiro atoms. The van der Waals surface area contributed by atoms with Gasteiger partial charge in [0.1, 0.15) is 5.75 Å². The second kappa shape index (κ2) is 7.40. The average Bonchev–Trinajstić information content (AvgIpc) is 2.84. The lowest BCUT2D eigenvalue weighted by Crippen LogP contribution is -2.31. The lowest BCUT2D eigenvalue weighted by molar-refractivity contribution is -0.127. The van der Waals surface area contributed by atoms with E-state index >= 15 is 0 Å². The molecule has 124 valence electrons. The van der Waals surface area contributed by atoms with Crippen molar-refractivity contribution in [3.05, 3.63) is 64.1 Å². The molecule has 1 aliphatic heterocycles. The number of imide groups is 1. The van der Waals surface area contributed by atoms with E-state index in [0.29, 0.717) is 13.0 Å². The van der Waals surface area contributed by atoms with Crippen molar-refractivity contribution in [2.75, 3.05) is 7.11 Å². The first kappa shape index (κ1) is 17.0. The van der Waals surface area contributed by atoms with Crippen LogP contribution in [0.3, 0.4) is 0 Å². The van der Waals surface area contributed by atoms with Crippen molar-refractivity contribution in [2.45, 2.75) is 18.2 Å². The SMILES string of the molecule is COc1ccc(C[C@@H]2SC(=O)N(Cc3ccccc3)C2=O)cc1Br. The van der Waals surface area contributed by atoms with Crippen LogP contribution in [-0.2, 0) is 17.8 Å². The molecule has 1 aliphatic rings. The van der Waals surface area contributed by atoms with Crippen molar-refractivity contribution < 1.29 is 14.3 Å². The van der Waals surface area contributed by atoms with E-state index in [2.05, 4.69) is 15.9 Å². The topological polar surface area (TPSA) is 46.6 Å². The molecule has 4 nitrogen and oxygen atoms in total. The molecule has 6 heteroatoms. The first-order valence-electron chi connectivity index (χ1n) is 7.47. The molecule has 0 radical (unpaired) electrons. The number of thioether (sulfide) groups is 1. The normalized spacial score (nSPS) is 17.4. The van der Waals surface area contributed by atoms with Gasteiger partial charge in [-0.3, -0.25) is 14.5 Å². The molecule has 1 saturated heterocycles. The standard InChI is InChI=1S/C18H16BrNO3S/c1-23-15-8-7-13(9-14(15)19)10-16-17(21)20(18(22)24-16)11-12-5-3-2-4-6-12/h2-9,16H,10-11H2,1H3/t16-/m0/s1. The van der Waals surface area contributed by atoms with Crippen LogP contribution < -0.4 is 4.74 Å². The summed E-state index contributed by atoms with van der Waals surface area (Å²) < 4.78 is 6.05. The molecule has 0 saturated carbocycles. The first-order chi connectivity index (χ1) is 11.6. The fraction of sp³-hybridized carbons (Fsp3) is 0.222. The fourth-order valence-corrected chi connectivity index (χ4v) is 4.20. The van der Waals surface area contributed by atoms with Gasteiger partial charge in [-0.05, 0) is 45.6 Å². The molecule has 1 atom stereocenters. The third kappa shape index (κ3) is 3.65. The predicted molar refractivity (Wildman–Crippen MR) is 98.2 cm³/mol. The van der Waals surface area contributed by atoms with Gasteiger partial charge < -0.3 is 4.74 Å². The number of nitrogens with zero attached hydrogens (tertiary/aromatic N) is 1. The summed E-state index contributed by atoms with van der Waals surface area (Å²) >= 11 is 4.55. The van der Waals surface area contributed by atoms with E-state index in [1.54, 1.807) is 7.11 Å². The van der Waals surface area contributed by atoms with Crippen LogP contribution in [0.2, 0.25) is 0 Å². The molecular weight excluding hydrogens is 390 g/mol. The summed E-state index contributed by atoms with van der Waals surface area (Å²) in [6.07, 6.45) is 0.517. The highest BCUT2D eigenvalue weighted by Crippen LogP contribution is 2.32. The molecular formula is C18H16BrNO3S. The number of methoxy groups -OCH3 is 1. The Morgan fingerprint density at radius 1 is 1.12 bits per heavy atom. The maximum absolute atomic E-state index is 12.6. The molecule has 0 unspecified atom stereocenters. The van der Waals surface area contributed by atoms with Crippen molar-refractivity contribution >= 4 is 38.8 Å². The van der Waals surface area contributed by atoms with Crippen LogP contribution in [0, 0.1) is 0 Å². The monoisotopic (exact) mass is 405 g/mol. The van der Waals surface area contributed by atoms with Gasteiger partial charge in [-0.25, -0.2) is 0 Å². The number of rotatable bonds is 5. The fourth-order valence-electron chi connectivity index (χ4n) is 2.59. The van der Waals surface area contributed by atoms with Gasteiger partial charge in [0.05, 0.1) is 23.4 Å². The van der Waals surface area contributed by atoms with Gasteiger partial charge in [0, 0.05) is 0 Å². The zero-order valence-corrected chi connectivity index (χ0v) is 15.5. The largest absolute Gasteiger partial charge is 0.496 e. The number of carbonyl (C=O) groups is 2. The summed E-state index contributed by atoms with van der Waals surface area (Å²) in [6.45, 7) is 0.328. The van der Waals surface area contributed by atoms with Crippen LogP contribution in [0.25, 0.3) is 0 Å². The summed E-state index contributed by atoms with van der Waals surface area (Å²) in [5.74, 6) is 0.617. The molecule has 1 heterocycles. The molecule has 0 bridgehead atoms. The van der Waals surface area contributed by atoms with Crippen molar-refractivity contribution in [3.8, 4) is 5.75 Å². The van der Waals surface area contributed by atoms with Crippen LogP contribution >= 0.6 is 27.7 Å². The minimum absolute atomic E-state index is 0.124. The van der Waals surface area contributed by atoms with Crippen molar-refractivity contribution in [1.82, 2.24) is 4.90 Å². The van der Waals surface area contributed by atoms with Crippen LogP contribution in [-0.4, -0.2) is 28.4 Å². The van der Waals surface area contributed by atoms with Gasteiger partial charge in [0.25, 0.3) is 5.24 Å². The lowest BCUT2D eigenvalue weighted by Gasteiger charge is -2.14. The van der Waals surface area contributed by atoms with Crippen LogP contribution in [0.4, 0.5) is 4.79 Å². The van der Waals surface area contributed by atoms with Crippen molar-refractivity contribution in [3.63, 3.8) is 0 Å². The third-order valence-corrected chi connectivity index (χ3v) is 5.52. The number of hydrogen-bond donors (Lipinski definition) is 0. The molecule has 24 heavy (non-hydrogen) atoms. The zero-order valence-electron chi connectivity index (χ0n) is 13.1. The Hall–Kier alpha value is -1.79. The molecule has 2 aromatic rings. The predicted octanol–water partition coefficient (Wildman–Crippen LogP) is 4.26. The van der Waals surface area contributed by atoms with Crippen LogP contribution in [0.1, 0.15) is 11.1 Å². The van der Waals surface area contributed by atoms with Gasteiger partial charge in [0.2, 0.25) is 5.91 Å². The second-order valence-electron chi connectivity index (χ2n) is 5.46. The highest BCUT2D eigenvalue weighted by Gasteiger charge is 2.39. The van der Waals surface area contributed by atoms with Gasteiger partial charge >= 0.3 is 0 Å². The minimum Gasteiger partial charge on any atom is -0.496 e. The smallest absolute Gasteiger partial charge is 0.289 e. The number of halogens is 1. The van der Waals surface area contributed by atoms with Gasteiger partial charge in [-0.2, -0.15) is 0 Å². The number of hydrogen-bond acceptors (Lipinski definition) is 4. The van der Waals surface area contributed by atoms with Crippen molar-refractivity contribution in [1.29, 1.82) is 0 Å². The highest BCUT2D eigenvalue weighted by atomic mass is 79.9. The molecule has 0 aromatic heterocycles. The van der Waals surface area contributed by atoms with E-state index in [4.69, 9.17) is 4.74 Å². The summed E-state index contributed by atoms with van der Waals surface area (Å²) in [5.41, 5.74) is 1.94. The lowest BCUT2D eigenvalue weighted by atomic mass is 10.1. The maximum Gasteiger partial charge on any atom is 0.289 e. The van der Waals surface area contributed by atoms with E-state index in [-0.39, 0.29) is 16.4 Å². The number of ether oxygens (including phenoxy) is 1. The number of carbonyl (C=O) groups excluding carboxylic acids is 2. The summed E-state index contributed by atoms with van der Waals surface area (Å²) in [7, 11) is 1.61. The Balaban J connectivity index is 1.71. The number of benzene rings is 2. The van der Waals surface area contributed by atoms with Crippen LogP contribution in [0.15, 0.2) is 53.0 Å². The average molecular weight is 406 g/mol. The Labute approximate surface area is 153 Å². The molecule has 2 aromatic carbocycles. The molecule has 3 rings (SSSR count). The van der Waals surface area contributed by atoms with Gasteiger partial charge in [-0.1, -0.05) is 48.2 Å². The minimum atomic E-state index is -0.374. The third-order valence-electron chi connectivity index (χ3n) is 3.83. The summed E-state index contributed by atoms with van der Waals surface area (Å²) in [4.78, 5) is 26.1. The van der Waals surface area contributed by atoms with Crippen LogP contribution in [0.5, 0.6) is 5.75 Å². The Kier molecular flexibility index (Phi) is 5.26. The van der Waals surface area contributed by atoms with Crippen molar-refractivity contribution in [2.24, 2.45) is 0 Å². The molecule has 2 amide bonds. The van der Waals surface area contributed by atoms with Gasteiger partial charge in [0.15, 0.2) is 0 Å². The zero-order chi connectivity index (χ0) is 17.1. The van der Waals surface area contributed by atoms with E-state index in [1.165, 1.54) is 4.90 Å². The van der Waals surface area contributed by atoms with E-state index < -0.39 is 0 Å². The Morgan fingerprint density at radius 2 is 1.88 bits per heavy atom. The first-order valence-corrected chi connectivity index (χ1v) is 9.14. The number of amides is 2. The maximum atomic E-state index is 12.6. The highest BCUT2D eigenvalue weighted by molar-refractivity contribution is 9.10. The van der Waals surface area contributed by atoms with Gasteiger partial charge in [-0.15, -0.1) is 0 Å².